The quantitative estimate of drug-likeness (QED) is 0.0169. The topological polar surface area (TPSA) is 237 Å². The molecule has 0 rings (SSSR count). The summed E-state index contributed by atoms with van der Waals surface area (Å²) in [5, 5.41) is 10.7. The van der Waals surface area contributed by atoms with Crippen molar-refractivity contribution in [3.05, 3.63) is 122 Å². The van der Waals surface area contributed by atoms with Gasteiger partial charge in [-0.2, -0.15) is 0 Å². The van der Waals surface area contributed by atoms with Gasteiger partial charge in [-0.3, -0.25) is 37.3 Å². The summed E-state index contributed by atoms with van der Waals surface area (Å²) in [5.41, 5.74) is 0. The zero-order valence-corrected chi connectivity index (χ0v) is 68.6. The van der Waals surface area contributed by atoms with Gasteiger partial charge in [0.25, 0.3) is 0 Å². The fourth-order valence-corrected chi connectivity index (χ4v) is 12.7. The highest BCUT2D eigenvalue weighted by Crippen LogP contribution is 2.45. The Morgan fingerprint density at radius 3 is 0.783 bits per heavy atom. The van der Waals surface area contributed by atoms with E-state index >= 15 is 0 Å². The standard InChI is InChI=1S/C87H150O17P2/c1-5-9-13-17-21-25-29-33-37-39-40-42-46-48-52-56-60-64-68-72-85(90)98-78-83(104-87(92)74-70-66-62-58-54-50-44-36-32-28-24-20-16-12-8-4)80-102-106(95,96)100-76-81(88)75-99-105(93,94)101-79-82(103-86(91)73-69-65-61-57-53-49-43-35-31-27-23-19-15-11-7-3)77-97-84(89)71-67-63-59-55-51-47-45-41-38-34-30-26-22-18-14-10-6-2/h10,12,14,16,21-22,24-26,28,33-38,40,42-44,81-83,88H,5-9,11,13,15,17-20,23,27,29-32,39,41,45-80H2,1-4H3,(H,93,94)(H,95,96)/b14-10-,16-12-,25-21-,26-22-,28-24-,37-33-,38-34-,42-40-,43-35-,44-36-. The molecule has 5 atom stereocenters. The minimum absolute atomic E-state index is 0.0706. The van der Waals surface area contributed by atoms with E-state index in [0.717, 1.165) is 212 Å². The Labute approximate surface area is 644 Å². The summed E-state index contributed by atoms with van der Waals surface area (Å²) < 4.78 is 68.7. The van der Waals surface area contributed by atoms with E-state index in [4.69, 9.17) is 37.0 Å². The van der Waals surface area contributed by atoms with Crippen LogP contribution in [-0.4, -0.2) is 96.7 Å². The highest BCUT2D eigenvalue weighted by atomic mass is 31.2. The fourth-order valence-electron chi connectivity index (χ4n) is 11.1. The first-order chi connectivity index (χ1) is 51.7. The number of carbonyl (C=O) groups is 4. The Morgan fingerprint density at radius 2 is 0.491 bits per heavy atom. The van der Waals surface area contributed by atoms with E-state index in [2.05, 4.69) is 149 Å². The summed E-state index contributed by atoms with van der Waals surface area (Å²) in [6.45, 7) is 4.61. The predicted octanol–water partition coefficient (Wildman–Crippen LogP) is 24.7. The number of allylic oxidation sites excluding steroid dienone is 20. The van der Waals surface area contributed by atoms with Gasteiger partial charge in [-0.25, -0.2) is 9.13 Å². The third kappa shape index (κ3) is 77.6. The van der Waals surface area contributed by atoms with Crippen molar-refractivity contribution in [3.63, 3.8) is 0 Å². The highest BCUT2D eigenvalue weighted by Gasteiger charge is 2.30. The van der Waals surface area contributed by atoms with E-state index in [-0.39, 0.29) is 25.7 Å². The first-order valence-electron chi connectivity index (χ1n) is 41.8. The number of rotatable bonds is 78. The number of phosphoric acid groups is 2. The number of phosphoric ester groups is 2. The molecule has 0 aliphatic rings. The summed E-state index contributed by atoms with van der Waals surface area (Å²) >= 11 is 0. The Morgan fingerprint density at radius 1 is 0.274 bits per heavy atom. The van der Waals surface area contributed by atoms with Crippen LogP contribution in [0.2, 0.25) is 0 Å². The van der Waals surface area contributed by atoms with Crippen molar-refractivity contribution in [1.82, 2.24) is 0 Å². The van der Waals surface area contributed by atoms with Crippen LogP contribution in [0.25, 0.3) is 0 Å². The number of hydrogen-bond donors (Lipinski definition) is 3. The number of ether oxygens (including phenoxy) is 4. The summed E-state index contributed by atoms with van der Waals surface area (Å²) in [4.78, 5) is 73.2. The van der Waals surface area contributed by atoms with Crippen molar-refractivity contribution in [3.8, 4) is 0 Å². The first-order valence-corrected chi connectivity index (χ1v) is 44.8. The van der Waals surface area contributed by atoms with Crippen LogP contribution in [0.15, 0.2) is 122 Å². The Bertz CT molecular complexity index is 2480. The van der Waals surface area contributed by atoms with Crippen molar-refractivity contribution in [1.29, 1.82) is 0 Å². The average Bonchev–Trinajstić information content (AvgIpc) is 0.928. The predicted molar refractivity (Wildman–Crippen MR) is 436 cm³/mol. The zero-order chi connectivity index (χ0) is 77.4. The molecule has 0 saturated heterocycles. The van der Waals surface area contributed by atoms with Gasteiger partial charge in [-0.05, 0) is 154 Å². The molecule has 0 aromatic rings. The van der Waals surface area contributed by atoms with Gasteiger partial charge < -0.3 is 33.8 Å². The van der Waals surface area contributed by atoms with Gasteiger partial charge in [-0.1, -0.05) is 290 Å². The average molecular weight is 1530 g/mol. The van der Waals surface area contributed by atoms with Crippen molar-refractivity contribution >= 4 is 39.5 Å². The lowest BCUT2D eigenvalue weighted by molar-refractivity contribution is -0.161. The van der Waals surface area contributed by atoms with Crippen LogP contribution in [0.4, 0.5) is 0 Å². The van der Waals surface area contributed by atoms with Crippen LogP contribution >= 0.6 is 15.6 Å². The third-order valence-corrected chi connectivity index (χ3v) is 19.3. The molecule has 17 nitrogen and oxygen atoms in total. The number of unbranched alkanes of at least 4 members (excludes halogenated alkanes) is 32. The van der Waals surface area contributed by atoms with Gasteiger partial charge in [0.05, 0.1) is 26.4 Å². The minimum atomic E-state index is -4.99. The zero-order valence-electron chi connectivity index (χ0n) is 66.8. The van der Waals surface area contributed by atoms with Crippen LogP contribution < -0.4 is 0 Å². The molecule has 0 aliphatic heterocycles. The maximum Gasteiger partial charge on any atom is 0.472 e. The molecular formula is C87H150O17P2. The first kappa shape index (κ1) is 101. The summed E-state index contributed by atoms with van der Waals surface area (Å²) in [7, 11) is -9.98. The van der Waals surface area contributed by atoms with E-state index in [1.54, 1.807) is 0 Å². The molecule has 610 valence electrons. The summed E-state index contributed by atoms with van der Waals surface area (Å²) in [5.74, 6) is -2.21. The van der Waals surface area contributed by atoms with E-state index < -0.39 is 97.5 Å². The summed E-state index contributed by atoms with van der Waals surface area (Å²) in [6, 6.07) is 0. The molecule has 0 spiro atoms. The molecule has 106 heavy (non-hydrogen) atoms. The molecule has 0 fully saturated rings. The number of esters is 4. The molecule has 0 aliphatic carbocycles. The summed E-state index contributed by atoms with van der Waals surface area (Å²) in [6.07, 6.45) is 87.3. The molecule has 0 aromatic carbocycles. The second kappa shape index (κ2) is 78.6. The van der Waals surface area contributed by atoms with Crippen LogP contribution in [0.1, 0.15) is 349 Å². The van der Waals surface area contributed by atoms with Crippen molar-refractivity contribution in [2.24, 2.45) is 0 Å². The van der Waals surface area contributed by atoms with Crippen LogP contribution in [0, 0.1) is 0 Å². The van der Waals surface area contributed by atoms with E-state index in [1.165, 1.54) is 57.8 Å². The molecule has 0 aromatic heterocycles. The largest absolute Gasteiger partial charge is 0.472 e. The van der Waals surface area contributed by atoms with E-state index in [0.29, 0.717) is 25.7 Å². The molecule has 0 bridgehead atoms. The van der Waals surface area contributed by atoms with Gasteiger partial charge in [0.15, 0.2) is 12.2 Å². The maximum atomic E-state index is 13.1. The Hall–Kier alpha value is -4.54. The van der Waals surface area contributed by atoms with Gasteiger partial charge in [0, 0.05) is 25.7 Å². The van der Waals surface area contributed by atoms with Gasteiger partial charge >= 0.3 is 39.5 Å². The second-order valence-corrected chi connectivity index (χ2v) is 30.6. The Kier molecular flexibility index (Phi) is 75.2. The van der Waals surface area contributed by atoms with Gasteiger partial charge in [-0.15, -0.1) is 0 Å². The maximum absolute atomic E-state index is 13.1. The number of aliphatic hydroxyl groups excluding tert-OH is 1. The molecule has 0 radical (unpaired) electrons. The van der Waals surface area contributed by atoms with Crippen molar-refractivity contribution < 1.29 is 80.2 Å². The minimum Gasteiger partial charge on any atom is -0.462 e. The van der Waals surface area contributed by atoms with Gasteiger partial charge in [0.2, 0.25) is 0 Å². The van der Waals surface area contributed by atoms with Gasteiger partial charge in [0.1, 0.15) is 19.3 Å². The lowest BCUT2D eigenvalue weighted by Gasteiger charge is -2.21. The number of carbonyl (C=O) groups excluding carboxylic acids is 4. The normalized spacial score (nSPS) is 14.4. The molecule has 3 N–H and O–H groups in total. The molecule has 0 heterocycles. The van der Waals surface area contributed by atoms with Crippen LogP contribution in [0.5, 0.6) is 0 Å². The Balaban J connectivity index is 5.39. The molecule has 0 saturated carbocycles. The van der Waals surface area contributed by atoms with Crippen molar-refractivity contribution in [2.45, 2.75) is 367 Å². The highest BCUT2D eigenvalue weighted by molar-refractivity contribution is 7.47. The molecule has 0 amide bonds. The van der Waals surface area contributed by atoms with Crippen LogP contribution in [-0.2, 0) is 65.4 Å². The monoisotopic (exact) mass is 1530 g/mol. The fraction of sp³-hybridized carbons (Fsp3) is 0.724. The van der Waals surface area contributed by atoms with E-state index in [1.807, 2.05) is 0 Å². The molecule has 19 heteroatoms. The lowest BCUT2D eigenvalue weighted by Crippen LogP contribution is -2.30. The smallest absolute Gasteiger partial charge is 0.462 e. The van der Waals surface area contributed by atoms with Crippen LogP contribution in [0.3, 0.4) is 0 Å². The number of aliphatic hydroxyl groups is 1. The van der Waals surface area contributed by atoms with Crippen molar-refractivity contribution in [2.75, 3.05) is 39.6 Å². The SMILES string of the molecule is CC/C=C\C/C=C\C/C=C\CCCCCCCCCC(=O)OCC(COP(=O)(O)OCC(O)COP(=O)(O)OCC(COC(=O)CCCCCCCC/C=C\C/C=C\C/C=C\CCCCC)OC(=O)CCCCCCC/C=C\C/C=C\C/C=C\CC)OC(=O)CCCCCCC/C=C\CCCCCCCC. The molecular weight excluding hydrogens is 1380 g/mol. The van der Waals surface area contributed by atoms with E-state index in [9.17, 15) is 43.2 Å². The molecule has 5 unspecified atom stereocenters. The number of hydrogen-bond acceptors (Lipinski definition) is 15. The second-order valence-electron chi connectivity index (χ2n) is 27.6. The third-order valence-electron chi connectivity index (χ3n) is 17.4. The lowest BCUT2D eigenvalue weighted by atomic mass is 10.1.